The Hall–Kier alpha value is -0.470. The molecule has 2 N–H and O–H groups in total. The summed E-state index contributed by atoms with van der Waals surface area (Å²) < 4.78 is 0. The van der Waals surface area contributed by atoms with Gasteiger partial charge in [0.05, 0.1) is 0 Å². The second-order valence-electron chi connectivity index (χ2n) is 5.37. The van der Waals surface area contributed by atoms with Gasteiger partial charge in [-0.25, -0.2) is 0 Å². The van der Waals surface area contributed by atoms with Crippen molar-refractivity contribution in [1.82, 2.24) is 0 Å². The molecule has 1 aliphatic carbocycles. The van der Waals surface area contributed by atoms with Gasteiger partial charge in [-0.05, 0) is 48.5 Å². The first-order chi connectivity index (χ1) is 8.34. The van der Waals surface area contributed by atoms with E-state index >= 15 is 0 Å². The van der Waals surface area contributed by atoms with Crippen LogP contribution in [0.2, 0.25) is 0 Å². The van der Waals surface area contributed by atoms with Gasteiger partial charge in [-0.3, -0.25) is 0 Å². The van der Waals surface area contributed by atoms with E-state index in [4.69, 9.17) is 5.73 Å². The van der Waals surface area contributed by atoms with Crippen molar-refractivity contribution in [2.24, 2.45) is 5.73 Å². The molecule has 0 radical (unpaired) electrons. The Morgan fingerprint density at radius 2 is 1.82 bits per heavy atom. The molecule has 1 heterocycles. The highest BCUT2D eigenvalue weighted by molar-refractivity contribution is 8.00. The Morgan fingerprint density at radius 1 is 1.06 bits per heavy atom. The SMILES string of the molecule is NC(c1ccc(C2CCC2)cc1)C1CCCS1. The largest absolute Gasteiger partial charge is 0.323 e. The van der Waals surface area contributed by atoms with E-state index in [1.165, 1.54) is 49.0 Å². The summed E-state index contributed by atoms with van der Waals surface area (Å²) in [7, 11) is 0. The summed E-state index contributed by atoms with van der Waals surface area (Å²) in [5, 5.41) is 0.643. The van der Waals surface area contributed by atoms with Crippen molar-refractivity contribution in [3.8, 4) is 0 Å². The molecule has 0 aromatic heterocycles. The minimum absolute atomic E-state index is 0.234. The molecule has 1 saturated heterocycles. The highest BCUT2D eigenvalue weighted by Gasteiger charge is 2.24. The van der Waals surface area contributed by atoms with Gasteiger partial charge in [-0.1, -0.05) is 30.7 Å². The number of nitrogens with two attached hydrogens (primary N) is 1. The van der Waals surface area contributed by atoms with Crippen LogP contribution in [0.3, 0.4) is 0 Å². The summed E-state index contributed by atoms with van der Waals surface area (Å²) in [6.07, 6.45) is 6.79. The van der Waals surface area contributed by atoms with E-state index in [-0.39, 0.29) is 6.04 Å². The first-order valence-electron chi connectivity index (χ1n) is 6.81. The zero-order chi connectivity index (χ0) is 11.7. The van der Waals surface area contributed by atoms with Crippen LogP contribution < -0.4 is 5.73 Å². The average molecular weight is 247 g/mol. The standard InChI is InChI=1S/C15H21NS/c16-15(14-5-2-10-17-14)13-8-6-12(7-9-13)11-3-1-4-11/h6-9,11,14-15H,1-5,10,16H2. The Bertz CT molecular complexity index is 363. The molecule has 0 amide bonds. The van der Waals surface area contributed by atoms with Gasteiger partial charge in [0.15, 0.2) is 0 Å². The Kier molecular flexibility index (Phi) is 3.44. The van der Waals surface area contributed by atoms with E-state index in [1.54, 1.807) is 0 Å². The van der Waals surface area contributed by atoms with Crippen LogP contribution in [0.5, 0.6) is 0 Å². The smallest absolute Gasteiger partial charge is 0.0415 e. The van der Waals surface area contributed by atoms with E-state index in [0.29, 0.717) is 5.25 Å². The molecule has 1 aliphatic heterocycles. The van der Waals surface area contributed by atoms with Crippen molar-refractivity contribution in [2.45, 2.75) is 49.3 Å². The van der Waals surface area contributed by atoms with Crippen LogP contribution in [0.1, 0.15) is 55.2 Å². The first-order valence-corrected chi connectivity index (χ1v) is 7.86. The zero-order valence-electron chi connectivity index (χ0n) is 10.3. The maximum absolute atomic E-state index is 6.35. The fourth-order valence-electron chi connectivity index (χ4n) is 2.83. The van der Waals surface area contributed by atoms with Crippen LogP contribution >= 0.6 is 11.8 Å². The molecule has 1 aromatic rings. The molecule has 17 heavy (non-hydrogen) atoms. The molecule has 2 fully saturated rings. The molecular formula is C15H21NS. The maximum atomic E-state index is 6.35. The van der Waals surface area contributed by atoms with Gasteiger partial charge in [-0.2, -0.15) is 11.8 Å². The van der Waals surface area contributed by atoms with Crippen LogP contribution in [-0.4, -0.2) is 11.0 Å². The molecule has 2 atom stereocenters. The van der Waals surface area contributed by atoms with Gasteiger partial charge in [0.2, 0.25) is 0 Å². The van der Waals surface area contributed by atoms with Crippen molar-refractivity contribution in [3.63, 3.8) is 0 Å². The maximum Gasteiger partial charge on any atom is 0.0415 e. The van der Waals surface area contributed by atoms with E-state index in [1.807, 2.05) is 11.8 Å². The first kappa shape index (κ1) is 11.6. The normalized spacial score (nSPS) is 26.8. The number of hydrogen-bond donors (Lipinski definition) is 1. The van der Waals surface area contributed by atoms with Crippen LogP contribution in [0.4, 0.5) is 0 Å². The second-order valence-corrected chi connectivity index (χ2v) is 6.72. The number of benzene rings is 1. The number of hydrogen-bond acceptors (Lipinski definition) is 2. The van der Waals surface area contributed by atoms with Gasteiger partial charge in [-0.15, -0.1) is 0 Å². The lowest BCUT2D eigenvalue weighted by Gasteiger charge is -2.26. The monoisotopic (exact) mass is 247 g/mol. The summed E-state index contributed by atoms with van der Waals surface area (Å²) in [5.74, 6) is 2.12. The minimum Gasteiger partial charge on any atom is -0.323 e. The third-order valence-electron chi connectivity index (χ3n) is 4.26. The quantitative estimate of drug-likeness (QED) is 0.878. The van der Waals surface area contributed by atoms with E-state index < -0.39 is 0 Å². The van der Waals surface area contributed by atoms with Gasteiger partial charge in [0.1, 0.15) is 0 Å². The summed E-state index contributed by atoms with van der Waals surface area (Å²) in [6.45, 7) is 0. The lowest BCUT2D eigenvalue weighted by molar-refractivity contribution is 0.419. The number of thioether (sulfide) groups is 1. The molecule has 0 spiro atoms. The minimum atomic E-state index is 0.234. The summed E-state index contributed by atoms with van der Waals surface area (Å²) in [6, 6.07) is 9.36. The second kappa shape index (κ2) is 5.03. The highest BCUT2D eigenvalue weighted by atomic mass is 32.2. The molecule has 3 rings (SSSR count). The Morgan fingerprint density at radius 3 is 2.35 bits per heavy atom. The summed E-state index contributed by atoms with van der Waals surface area (Å²) in [4.78, 5) is 0. The van der Waals surface area contributed by atoms with Crippen molar-refractivity contribution >= 4 is 11.8 Å². The fraction of sp³-hybridized carbons (Fsp3) is 0.600. The van der Waals surface area contributed by atoms with Crippen LogP contribution in [0, 0.1) is 0 Å². The zero-order valence-corrected chi connectivity index (χ0v) is 11.1. The van der Waals surface area contributed by atoms with Gasteiger partial charge in [0.25, 0.3) is 0 Å². The van der Waals surface area contributed by atoms with E-state index in [2.05, 4.69) is 24.3 Å². The Balaban J connectivity index is 1.69. The lowest BCUT2D eigenvalue weighted by Crippen LogP contribution is -2.21. The predicted molar refractivity (Wildman–Crippen MR) is 75.4 cm³/mol. The predicted octanol–water partition coefficient (Wildman–Crippen LogP) is 3.85. The average Bonchev–Trinajstić information content (AvgIpc) is 2.80. The van der Waals surface area contributed by atoms with E-state index in [9.17, 15) is 0 Å². The van der Waals surface area contributed by atoms with Gasteiger partial charge < -0.3 is 5.73 Å². The fourth-order valence-corrected chi connectivity index (χ4v) is 4.17. The molecule has 2 unspecified atom stereocenters. The molecular weight excluding hydrogens is 226 g/mol. The number of rotatable bonds is 3. The van der Waals surface area contributed by atoms with E-state index in [0.717, 1.165) is 5.92 Å². The molecule has 1 saturated carbocycles. The molecule has 92 valence electrons. The molecule has 1 aromatic carbocycles. The topological polar surface area (TPSA) is 26.0 Å². The van der Waals surface area contributed by atoms with Crippen LogP contribution in [-0.2, 0) is 0 Å². The van der Waals surface area contributed by atoms with Gasteiger partial charge >= 0.3 is 0 Å². The van der Waals surface area contributed by atoms with Crippen molar-refractivity contribution in [3.05, 3.63) is 35.4 Å². The van der Waals surface area contributed by atoms with Crippen molar-refractivity contribution in [1.29, 1.82) is 0 Å². The van der Waals surface area contributed by atoms with Crippen molar-refractivity contribution in [2.75, 3.05) is 5.75 Å². The molecule has 2 heteroatoms. The molecule has 1 nitrogen and oxygen atoms in total. The summed E-state index contributed by atoms with van der Waals surface area (Å²) >= 11 is 2.05. The molecule has 2 aliphatic rings. The Labute approximate surface area is 108 Å². The van der Waals surface area contributed by atoms with Crippen molar-refractivity contribution < 1.29 is 0 Å². The highest BCUT2D eigenvalue weighted by Crippen LogP contribution is 2.38. The summed E-state index contributed by atoms with van der Waals surface area (Å²) in [5.41, 5.74) is 9.20. The third-order valence-corrected chi connectivity index (χ3v) is 5.74. The van der Waals surface area contributed by atoms with Crippen LogP contribution in [0.15, 0.2) is 24.3 Å². The molecule has 0 bridgehead atoms. The third kappa shape index (κ3) is 2.38. The van der Waals surface area contributed by atoms with Gasteiger partial charge in [0, 0.05) is 11.3 Å². The lowest BCUT2D eigenvalue weighted by atomic mass is 9.80. The van der Waals surface area contributed by atoms with Crippen LogP contribution in [0.25, 0.3) is 0 Å².